The van der Waals surface area contributed by atoms with Crippen LogP contribution in [0, 0.1) is 17.2 Å². The number of nitrogens with zero attached hydrogens (tertiary/aromatic N) is 2. The highest BCUT2D eigenvalue weighted by atomic mass is 32.2. The molecule has 6 heteroatoms. The van der Waals surface area contributed by atoms with E-state index in [0.29, 0.717) is 18.6 Å². The zero-order valence-electron chi connectivity index (χ0n) is 8.91. The normalized spacial score (nSPS) is 21.6. The molecule has 0 radical (unpaired) electrons. The third-order valence-corrected chi connectivity index (χ3v) is 3.65. The lowest BCUT2D eigenvalue weighted by Gasteiger charge is -2.20. The van der Waals surface area contributed by atoms with E-state index in [9.17, 15) is 8.42 Å². The number of benzene rings is 1. The van der Waals surface area contributed by atoms with Crippen LogP contribution < -0.4 is 0 Å². The van der Waals surface area contributed by atoms with Crippen molar-refractivity contribution in [2.24, 2.45) is 11.1 Å². The molecule has 1 saturated carbocycles. The molecule has 1 aliphatic rings. The van der Waals surface area contributed by atoms with Gasteiger partial charge in [-0.1, -0.05) is 23.4 Å². The lowest BCUT2D eigenvalue weighted by Crippen LogP contribution is -2.25. The summed E-state index contributed by atoms with van der Waals surface area (Å²) in [4.78, 5) is 0.0529. The maximum Gasteiger partial charge on any atom is 0.358 e. The fourth-order valence-corrected chi connectivity index (χ4v) is 2.16. The van der Waals surface area contributed by atoms with Crippen molar-refractivity contribution < 1.29 is 12.7 Å². The molecular weight excluding hydrogens is 240 g/mol. The molecule has 17 heavy (non-hydrogen) atoms. The van der Waals surface area contributed by atoms with Crippen molar-refractivity contribution in [2.45, 2.75) is 17.7 Å². The average Bonchev–Trinajstić information content (AvgIpc) is 2.29. The predicted octanol–water partition coefficient (Wildman–Crippen LogP) is 1.68. The molecule has 1 aliphatic carbocycles. The highest BCUT2D eigenvalue weighted by Gasteiger charge is 2.27. The van der Waals surface area contributed by atoms with Crippen molar-refractivity contribution in [3.8, 4) is 6.07 Å². The van der Waals surface area contributed by atoms with Crippen LogP contribution in [0.1, 0.15) is 12.8 Å². The van der Waals surface area contributed by atoms with Crippen molar-refractivity contribution in [3.05, 3.63) is 30.3 Å². The highest BCUT2D eigenvalue weighted by Crippen LogP contribution is 2.24. The number of hydrogen-bond donors (Lipinski definition) is 0. The summed E-state index contributed by atoms with van der Waals surface area (Å²) >= 11 is 0. The molecule has 5 nitrogen and oxygen atoms in total. The topological polar surface area (TPSA) is 79.5 Å². The Balaban J connectivity index is 2.12. The number of hydrogen-bond acceptors (Lipinski definition) is 5. The van der Waals surface area contributed by atoms with Crippen LogP contribution in [0.25, 0.3) is 0 Å². The van der Waals surface area contributed by atoms with Gasteiger partial charge in [-0.15, -0.1) is 0 Å². The minimum Gasteiger partial charge on any atom is -0.265 e. The van der Waals surface area contributed by atoms with Crippen LogP contribution in [-0.2, 0) is 14.4 Å². The quantitative estimate of drug-likeness (QED) is 0.764. The van der Waals surface area contributed by atoms with Gasteiger partial charge in [-0.25, -0.2) is 0 Å². The summed E-state index contributed by atoms with van der Waals surface area (Å²) in [5, 5.41) is 12.2. The molecule has 1 atom stereocenters. The zero-order valence-corrected chi connectivity index (χ0v) is 9.72. The molecule has 88 valence electrons. The van der Waals surface area contributed by atoms with Crippen LogP contribution in [0.15, 0.2) is 40.4 Å². The molecule has 0 N–H and O–H groups in total. The van der Waals surface area contributed by atoms with Gasteiger partial charge in [0.2, 0.25) is 0 Å². The van der Waals surface area contributed by atoms with E-state index in [-0.39, 0.29) is 10.8 Å². The van der Waals surface area contributed by atoms with Crippen LogP contribution in [0.3, 0.4) is 0 Å². The van der Waals surface area contributed by atoms with Gasteiger partial charge in [-0.2, -0.15) is 13.7 Å². The van der Waals surface area contributed by atoms with E-state index in [1.54, 1.807) is 18.2 Å². The predicted molar refractivity (Wildman–Crippen MR) is 60.5 cm³/mol. The molecule has 1 aromatic carbocycles. The van der Waals surface area contributed by atoms with Crippen molar-refractivity contribution in [3.63, 3.8) is 0 Å². The number of nitriles is 1. The van der Waals surface area contributed by atoms with Gasteiger partial charge in [0.25, 0.3) is 0 Å². The molecule has 0 spiro atoms. The summed E-state index contributed by atoms with van der Waals surface area (Å²) in [6, 6.07) is 9.79. The van der Waals surface area contributed by atoms with Crippen LogP contribution in [-0.4, -0.2) is 14.1 Å². The lowest BCUT2D eigenvalue weighted by molar-refractivity contribution is 0.330. The highest BCUT2D eigenvalue weighted by molar-refractivity contribution is 7.86. The van der Waals surface area contributed by atoms with E-state index in [1.807, 2.05) is 6.07 Å². The summed E-state index contributed by atoms with van der Waals surface area (Å²) in [7, 11) is -3.86. The fraction of sp³-hybridized carbons (Fsp3) is 0.273. The first-order valence-corrected chi connectivity index (χ1v) is 6.49. The fourth-order valence-electron chi connectivity index (χ4n) is 1.39. The Hall–Kier alpha value is -1.87. The van der Waals surface area contributed by atoms with Crippen molar-refractivity contribution in [1.29, 1.82) is 5.26 Å². The van der Waals surface area contributed by atoms with E-state index in [0.717, 1.165) is 0 Å². The second-order valence-electron chi connectivity index (χ2n) is 3.64. The molecule has 1 fully saturated rings. The first-order valence-electron chi connectivity index (χ1n) is 5.08. The van der Waals surface area contributed by atoms with Crippen LogP contribution in [0.4, 0.5) is 0 Å². The third kappa shape index (κ3) is 2.45. The molecule has 0 saturated heterocycles. The summed E-state index contributed by atoms with van der Waals surface area (Å²) in [6.45, 7) is 0. The smallest absolute Gasteiger partial charge is 0.265 e. The Labute approximate surface area is 99.4 Å². The van der Waals surface area contributed by atoms with E-state index >= 15 is 0 Å². The summed E-state index contributed by atoms with van der Waals surface area (Å²) in [5.74, 6) is -0.305. The van der Waals surface area contributed by atoms with Gasteiger partial charge in [0, 0.05) is 0 Å². The van der Waals surface area contributed by atoms with E-state index in [2.05, 4.69) is 9.44 Å². The van der Waals surface area contributed by atoms with Crippen LogP contribution >= 0.6 is 0 Å². The molecule has 1 aromatic rings. The van der Waals surface area contributed by atoms with Gasteiger partial charge in [0.15, 0.2) is 0 Å². The SMILES string of the molecule is N#CC1CCC1=NOS(=O)(=O)c1ccccc1. The lowest BCUT2D eigenvalue weighted by atomic mass is 9.84. The maximum absolute atomic E-state index is 11.7. The molecule has 0 bridgehead atoms. The standard InChI is InChI=1S/C11H10N2O3S/c12-8-9-6-7-11(9)13-16-17(14,15)10-4-2-1-3-5-10/h1-5,9H,6-7H2. The molecule has 0 aromatic heterocycles. The van der Waals surface area contributed by atoms with E-state index in [4.69, 9.17) is 5.26 Å². The summed E-state index contributed by atoms with van der Waals surface area (Å²) < 4.78 is 27.9. The summed E-state index contributed by atoms with van der Waals surface area (Å²) in [6.07, 6.45) is 1.33. The van der Waals surface area contributed by atoms with Gasteiger partial charge in [-0.3, -0.25) is 4.28 Å². The zero-order chi connectivity index (χ0) is 12.3. The minimum absolute atomic E-state index is 0.0529. The second-order valence-corrected chi connectivity index (χ2v) is 5.17. The minimum atomic E-state index is -3.86. The number of oxime groups is 1. The van der Waals surface area contributed by atoms with Crippen LogP contribution in [0.5, 0.6) is 0 Å². The Morgan fingerprint density at radius 2 is 2.06 bits per heavy atom. The Morgan fingerprint density at radius 3 is 2.59 bits per heavy atom. The van der Waals surface area contributed by atoms with E-state index < -0.39 is 10.1 Å². The van der Waals surface area contributed by atoms with Gasteiger partial charge in [0.05, 0.1) is 17.7 Å². The monoisotopic (exact) mass is 250 g/mol. The molecule has 0 aliphatic heterocycles. The molecule has 1 unspecified atom stereocenters. The van der Waals surface area contributed by atoms with Crippen molar-refractivity contribution in [1.82, 2.24) is 0 Å². The first-order chi connectivity index (χ1) is 8.13. The van der Waals surface area contributed by atoms with E-state index in [1.165, 1.54) is 12.1 Å². The van der Waals surface area contributed by atoms with Crippen molar-refractivity contribution in [2.75, 3.05) is 0 Å². The van der Waals surface area contributed by atoms with Crippen molar-refractivity contribution >= 4 is 15.8 Å². The molecule has 2 rings (SSSR count). The Kier molecular flexibility index (Phi) is 3.11. The van der Waals surface area contributed by atoms with Gasteiger partial charge in [-0.05, 0) is 25.0 Å². The summed E-state index contributed by atoms with van der Waals surface area (Å²) in [5.41, 5.74) is 0.493. The first kappa shape index (κ1) is 11.6. The molecule has 0 heterocycles. The number of rotatable bonds is 3. The Bertz CT molecular complexity index is 572. The molecular formula is C11H10N2O3S. The average molecular weight is 250 g/mol. The third-order valence-electron chi connectivity index (χ3n) is 2.53. The second kappa shape index (κ2) is 4.55. The van der Waals surface area contributed by atoms with Gasteiger partial charge < -0.3 is 0 Å². The van der Waals surface area contributed by atoms with Crippen LogP contribution in [0.2, 0.25) is 0 Å². The molecule has 0 amide bonds. The maximum atomic E-state index is 11.7. The van der Waals surface area contributed by atoms with Gasteiger partial charge in [0.1, 0.15) is 4.90 Å². The largest absolute Gasteiger partial charge is 0.358 e. The Morgan fingerprint density at radius 1 is 1.35 bits per heavy atom. The van der Waals surface area contributed by atoms with Gasteiger partial charge >= 0.3 is 10.1 Å².